The highest BCUT2D eigenvalue weighted by molar-refractivity contribution is 7.98. The highest BCUT2D eigenvalue weighted by Gasteiger charge is 2.51. The molecule has 4 bridgehead atoms. The second-order valence-corrected chi connectivity index (χ2v) is 13.4. The van der Waals surface area contributed by atoms with Crippen molar-refractivity contribution in [2.45, 2.75) is 67.6 Å². The van der Waals surface area contributed by atoms with E-state index in [0.29, 0.717) is 16.8 Å². The maximum Gasteiger partial charge on any atom is 0.261 e. The Balaban J connectivity index is 1.35. The van der Waals surface area contributed by atoms with Crippen LogP contribution in [0.15, 0.2) is 52.3 Å². The highest BCUT2D eigenvalue weighted by atomic mass is 32.2. The molecule has 2 aromatic carbocycles. The third-order valence-corrected chi connectivity index (χ3v) is 10.2. The van der Waals surface area contributed by atoms with Gasteiger partial charge in [-0.15, -0.1) is 11.8 Å². The molecule has 2 N–H and O–H groups in total. The number of thioether (sulfide) groups is 1. The molecule has 34 heavy (non-hydrogen) atoms. The lowest BCUT2D eigenvalue weighted by Crippen LogP contribution is -2.48. The monoisotopic (exact) mass is 498 g/mol. The Kier molecular flexibility index (Phi) is 6.22. The molecule has 1 amide bonds. The first-order valence-corrected chi connectivity index (χ1v) is 15.0. The maximum atomic E-state index is 13.1. The Morgan fingerprint density at radius 3 is 2.09 bits per heavy atom. The zero-order valence-corrected chi connectivity index (χ0v) is 21.8. The van der Waals surface area contributed by atoms with Gasteiger partial charge in [-0.3, -0.25) is 9.52 Å². The van der Waals surface area contributed by atoms with Crippen molar-refractivity contribution in [3.8, 4) is 0 Å². The Labute approximate surface area is 207 Å². The summed E-state index contributed by atoms with van der Waals surface area (Å²) in [5.41, 5.74) is 2.75. The molecular formula is C27H34N2O3S2. The maximum absolute atomic E-state index is 13.1. The van der Waals surface area contributed by atoms with E-state index in [-0.39, 0.29) is 16.7 Å². The van der Waals surface area contributed by atoms with E-state index in [1.54, 1.807) is 12.1 Å². The highest BCUT2D eigenvalue weighted by Crippen LogP contribution is 2.60. The lowest BCUT2D eigenvalue weighted by molar-refractivity contribution is -0.118. The van der Waals surface area contributed by atoms with Crippen LogP contribution < -0.4 is 10.0 Å². The number of carbonyl (C=O) groups excluding carboxylic acids is 1. The number of rotatable bonds is 7. The van der Waals surface area contributed by atoms with Gasteiger partial charge in [0.05, 0.1) is 10.6 Å². The molecule has 0 aliphatic heterocycles. The zero-order valence-electron chi connectivity index (χ0n) is 20.1. The largest absolute Gasteiger partial charge is 0.325 e. The summed E-state index contributed by atoms with van der Waals surface area (Å²) in [6, 6.07) is 12.9. The van der Waals surface area contributed by atoms with Gasteiger partial charge in [-0.1, -0.05) is 26.0 Å². The van der Waals surface area contributed by atoms with E-state index in [2.05, 4.69) is 22.2 Å². The van der Waals surface area contributed by atoms with Crippen LogP contribution in [0.3, 0.4) is 0 Å². The van der Waals surface area contributed by atoms with Crippen molar-refractivity contribution in [2.75, 3.05) is 16.3 Å². The minimum Gasteiger partial charge on any atom is -0.325 e. The van der Waals surface area contributed by atoms with Crippen LogP contribution in [0.2, 0.25) is 0 Å². The Morgan fingerprint density at radius 1 is 0.971 bits per heavy atom. The number of hydrogen-bond acceptors (Lipinski definition) is 4. The third-order valence-electron chi connectivity index (χ3n) is 8.05. The van der Waals surface area contributed by atoms with Gasteiger partial charge in [-0.2, -0.15) is 0 Å². The average Bonchev–Trinajstić information content (AvgIpc) is 2.78. The molecule has 182 valence electrons. The number of hydrogen-bond donors (Lipinski definition) is 2. The first-order chi connectivity index (χ1) is 16.2. The van der Waals surface area contributed by atoms with E-state index in [9.17, 15) is 13.2 Å². The van der Waals surface area contributed by atoms with Crippen molar-refractivity contribution >= 4 is 39.1 Å². The quantitative estimate of drug-likeness (QED) is 0.441. The topological polar surface area (TPSA) is 75.3 Å². The summed E-state index contributed by atoms with van der Waals surface area (Å²) in [6.07, 6.45) is 9.99. The van der Waals surface area contributed by atoms with Gasteiger partial charge in [0, 0.05) is 16.5 Å². The number of anilines is 2. The van der Waals surface area contributed by atoms with Crippen LogP contribution in [-0.4, -0.2) is 20.6 Å². The molecule has 4 aliphatic rings. The molecule has 0 saturated heterocycles. The number of benzene rings is 2. The van der Waals surface area contributed by atoms with Crippen LogP contribution in [-0.2, 0) is 20.2 Å². The minimum atomic E-state index is -3.79. The summed E-state index contributed by atoms with van der Waals surface area (Å²) in [7, 11) is -3.79. The van der Waals surface area contributed by atoms with Gasteiger partial charge in [0.25, 0.3) is 10.0 Å². The normalized spacial score (nSPS) is 27.7. The molecule has 6 rings (SSSR count). The Bertz CT molecular complexity index is 1150. The van der Waals surface area contributed by atoms with Gasteiger partial charge in [-0.25, -0.2) is 8.42 Å². The van der Waals surface area contributed by atoms with Crippen LogP contribution >= 0.6 is 11.8 Å². The first kappa shape index (κ1) is 23.7. The van der Waals surface area contributed by atoms with E-state index < -0.39 is 10.0 Å². The van der Waals surface area contributed by atoms with Crippen LogP contribution in [0, 0.1) is 23.7 Å². The molecule has 0 atom stereocenters. The van der Waals surface area contributed by atoms with Crippen molar-refractivity contribution in [2.24, 2.45) is 23.7 Å². The number of sulfonamides is 1. The molecule has 0 spiro atoms. The third kappa shape index (κ3) is 4.49. The summed E-state index contributed by atoms with van der Waals surface area (Å²) < 4.78 is 29.0. The van der Waals surface area contributed by atoms with Crippen LogP contribution in [0.4, 0.5) is 11.4 Å². The van der Waals surface area contributed by atoms with Crippen molar-refractivity contribution in [1.82, 2.24) is 0 Å². The Hall–Kier alpha value is -1.99. The van der Waals surface area contributed by atoms with Gasteiger partial charge in [0.2, 0.25) is 5.91 Å². The van der Waals surface area contributed by atoms with Crippen LogP contribution in [0.25, 0.3) is 0 Å². The van der Waals surface area contributed by atoms with Crippen molar-refractivity contribution < 1.29 is 13.2 Å². The molecule has 0 radical (unpaired) electrons. The van der Waals surface area contributed by atoms with Crippen molar-refractivity contribution in [1.29, 1.82) is 0 Å². The standard InChI is InChI=1S/C27H34N2O3S2/c1-17(2)26(30)28-24-13-23(8-9-25(24)33-3)34(31,32)29-22-6-4-21(5-7-22)27-14-18-10-19(15-27)12-20(11-18)16-27/h4-9,13,17-20,29H,10-12,14-16H2,1-3H3,(H,28,30). The van der Waals surface area contributed by atoms with E-state index in [0.717, 1.165) is 22.6 Å². The summed E-state index contributed by atoms with van der Waals surface area (Å²) in [4.78, 5) is 13.2. The van der Waals surface area contributed by atoms with Gasteiger partial charge in [-0.05, 0) is 104 Å². The van der Waals surface area contributed by atoms with Crippen LogP contribution in [0.5, 0.6) is 0 Å². The van der Waals surface area contributed by atoms with Gasteiger partial charge >= 0.3 is 0 Å². The van der Waals surface area contributed by atoms with Gasteiger partial charge < -0.3 is 5.32 Å². The molecule has 4 fully saturated rings. The molecule has 5 nitrogen and oxygen atoms in total. The predicted molar refractivity (Wildman–Crippen MR) is 139 cm³/mol. The number of carbonyl (C=O) groups is 1. The fourth-order valence-electron chi connectivity index (χ4n) is 6.80. The molecular weight excluding hydrogens is 464 g/mol. The van der Waals surface area contributed by atoms with E-state index in [1.165, 1.54) is 61.9 Å². The fourth-order valence-corrected chi connectivity index (χ4v) is 8.42. The smallest absolute Gasteiger partial charge is 0.261 e. The SMILES string of the molecule is CSc1ccc(S(=O)(=O)Nc2ccc(C34CC5CC(CC(C5)C3)C4)cc2)cc1NC(=O)C(C)C. The lowest BCUT2D eigenvalue weighted by atomic mass is 9.48. The average molecular weight is 499 g/mol. The molecule has 7 heteroatoms. The first-order valence-electron chi connectivity index (χ1n) is 12.3. The molecule has 0 unspecified atom stereocenters. The minimum absolute atomic E-state index is 0.134. The lowest BCUT2D eigenvalue weighted by Gasteiger charge is -2.57. The molecule has 2 aromatic rings. The summed E-state index contributed by atoms with van der Waals surface area (Å²) in [6.45, 7) is 3.62. The van der Waals surface area contributed by atoms with Crippen LogP contribution in [0.1, 0.15) is 57.9 Å². The van der Waals surface area contributed by atoms with E-state index in [4.69, 9.17) is 0 Å². The van der Waals surface area contributed by atoms with E-state index >= 15 is 0 Å². The summed E-state index contributed by atoms with van der Waals surface area (Å²) in [5.74, 6) is 2.29. The van der Waals surface area contributed by atoms with Gasteiger partial charge in [0.1, 0.15) is 0 Å². The molecule has 0 aromatic heterocycles. The second-order valence-electron chi connectivity index (χ2n) is 10.9. The van der Waals surface area contributed by atoms with Crippen molar-refractivity contribution in [3.05, 3.63) is 48.0 Å². The molecule has 0 heterocycles. The Morgan fingerprint density at radius 2 is 1.56 bits per heavy atom. The van der Waals surface area contributed by atoms with E-state index in [1.807, 2.05) is 32.2 Å². The molecule has 4 aliphatic carbocycles. The zero-order chi connectivity index (χ0) is 24.1. The predicted octanol–water partition coefficient (Wildman–Crippen LogP) is 6.27. The fraction of sp³-hybridized carbons (Fsp3) is 0.519. The number of nitrogens with one attached hydrogen (secondary N) is 2. The summed E-state index contributed by atoms with van der Waals surface area (Å²) >= 11 is 1.47. The summed E-state index contributed by atoms with van der Waals surface area (Å²) in [5, 5.41) is 2.86. The second kappa shape index (κ2) is 8.90. The van der Waals surface area contributed by atoms with Gasteiger partial charge in [0.15, 0.2) is 0 Å². The number of amides is 1. The molecule has 4 saturated carbocycles. The van der Waals surface area contributed by atoms with Crippen molar-refractivity contribution in [3.63, 3.8) is 0 Å².